The van der Waals surface area contributed by atoms with E-state index in [1.165, 1.54) is 0 Å². The molecule has 106 valence electrons. The SMILES string of the molecule is Cn1c(C(C)(C)C)nc2cc(C3(C(=O)O)CC3)ccc21. The van der Waals surface area contributed by atoms with Crippen LogP contribution in [0.2, 0.25) is 0 Å². The number of imidazole rings is 1. The van der Waals surface area contributed by atoms with Crippen molar-refractivity contribution in [1.82, 2.24) is 9.55 Å². The highest BCUT2D eigenvalue weighted by Crippen LogP contribution is 2.49. The molecule has 20 heavy (non-hydrogen) atoms. The van der Waals surface area contributed by atoms with Crippen LogP contribution in [0.1, 0.15) is 45.0 Å². The van der Waals surface area contributed by atoms with Gasteiger partial charge in [0.05, 0.1) is 16.4 Å². The van der Waals surface area contributed by atoms with Crippen LogP contribution in [-0.2, 0) is 22.7 Å². The van der Waals surface area contributed by atoms with Gasteiger partial charge in [-0.2, -0.15) is 0 Å². The van der Waals surface area contributed by atoms with E-state index >= 15 is 0 Å². The van der Waals surface area contributed by atoms with E-state index in [-0.39, 0.29) is 5.41 Å². The molecule has 0 spiro atoms. The largest absolute Gasteiger partial charge is 0.481 e. The number of carbonyl (C=O) groups is 1. The third-order valence-electron chi connectivity index (χ3n) is 4.26. The number of hydrogen-bond donors (Lipinski definition) is 1. The Hall–Kier alpha value is -1.84. The number of hydrogen-bond acceptors (Lipinski definition) is 2. The lowest BCUT2D eigenvalue weighted by Gasteiger charge is -2.17. The highest BCUT2D eigenvalue weighted by molar-refractivity contribution is 5.87. The summed E-state index contributed by atoms with van der Waals surface area (Å²) in [6, 6.07) is 5.89. The van der Waals surface area contributed by atoms with Crippen molar-refractivity contribution in [3.63, 3.8) is 0 Å². The molecule has 3 rings (SSSR count). The predicted molar refractivity (Wildman–Crippen MR) is 78.0 cm³/mol. The van der Waals surface area contributed by atoms with E-state index in [0.29, 0.717) is 0 Å². The molecule has 4 nitrogen and oxygen atoms in total. The van der Waals surface area contributed by atoms with Gasteiger partial charge in [0, 0.05) is 12.5 Å². The number of rotatable bonds is 2. The average Bonchev–Trinajstić information content (AvgIpc) is 3.09. The maximum Gasteiger partial charge on any atom is 0.314 e. The first-order chi connectivity index (χ1) is 9.25. The molecule has 0 atom stereocenters. The maximum atomic E-state index is 11.4. The van der Waals surface area contributed by atoms with Gasteiger partial charge < -0.3 is 9.67 Å². The van der Waals surface area contributed by atoms with Crippen LogP contribution in [0.3, 0.4) is 0 Å². The summed E-state index contributed by atoms with van der Waals surface area (Å²) in [6.45, 7) is 6.40. The first kappa shape index (κ1) is 13.2. The zero-order valence-electron chi connectivity index (χ0n) is 12.4. The van der Waals surface area contributed by atoms with Crippen molar-refractivity contribution in [1.29, 1.82) is 0 Å². The summed E-state index contributed by atoms with van der Waals surface area (Å²) < 4.78 is 2.10. The summed E-state index contributed by atoms with van der Waals surface area (Å²) >= 11 is 0. The Kier molecular flexibility index (Phi) is 2.53. The van der Waals surface area contributed by atoms with Crippen molar-refractivity contribution in [2.75, 3.05) is 0 Å². The number of fused-ring (bicyclic) bond motifs is 1. The molecule has 0 radical (unpaired) electrons. The van der Waals surface area contributed by atoms with Crippen LogP contribution in [0.5, 0.6) is 0 Å². The minimum atomic E-state index is -0.719. The molecular formula is C16H20N2O2. The fourth-order valence-corrected chi connectivity index (χ4v) is 2.92. The number of benzene rings is 1. The molecule has 1 N–H and O–H groups in total. The third kappa shape index (κ3) is 1.74. The van der Waals surface area contributed by atoms with Gasteiger partial charge in [0.15, 0.2) is 0 Å². The van der Waals surface area contributed by atoms with Crippen molar-refractivity contribution in [2.45, 2.75) is 44.4 Å². The summed E-state index contributed by atoms with van der Waals surface area (Å²) in [5.41, 5.74) is 2.14. The van der Waals surface area contributed by atoms with E-state index in [1.807, 2.05) is 25.2 Å². The second-order valence-electron chi connectivity index (χ2n) is 6.84. The molecule has 1 saturated carbocycles. The van der Waals surface area contributed by atoms with Crippen LogP contribution in [-0.4, -0.2) is 20.6 Å². The minimum Gasteiger partial charge on any atom is -0.481 e. The smallest absolute Gasteiger partial charge is 0.314 e. The van der Waals surface area contributed by atoms with Crippen molar-refractivity contribution in [3.05, 3.63) is 29.6 Å². The molecule has 1 heterocycles. The fourth-order valence-electron chi connectivity index (χ4n) is 2.92. The predicted octanol–water partition coefficient (Wildman–Crippen LogP) is 2.99. The second-order valence-corrected chi connectivity index (χ2v) is 6.84. The third-order valence-corrected chi connectivity index (χ3v) is 4.26. The molecule has 1 fully saturated rings. The van der Waals surface area contributed by atoms with Crippen LogP contribution in [0.4, 0.5) is 0 Å². The summed E-state index contributed by atoms with van der Waals surface area (Å²) in [7, 11) is 2.01. The van der Waals surface area contributed by atoms with Gasteiger partial charge in [0.25, 0.3) is 0 Å². The number of aromatic nitrogens is 2. The molecule has 1 aliphatic carbocycles. The van der Waals surface area contributed by atoms with Crippen LogP contribution in [0.15, 0.2) is 18.2 Å². The van der Waals surface area contributed by atoms with Gasteiger partial charge in [-0.05, 0) is 30.5 Å². The van der Waals surface area contributed by atoms with Gasteiger partial charge in [-0.3, -0.25) is 4.79 Å². The highest BCUT2D eigenvalue weighted by Gasteiger charge is 2.51. The van der Waals surface area contributed by atoms with Crippen molar-refractivity contribution in [2.24, 2.45) is 7.05 Å². The van der Waals surface area contributed by atoms with Gasteiger partial charge in [-0.25, -0.2) is 4.98 Å². The molecule has 0 bridgehead atoms. The monoisotopic (exact) mass is 272 g/mol. The lowest BCUT2D eigenvalue weighted by atomic mass is 9.96. The van der Waals surface area contributed by atoms with E-state index in [1.54, 1.807) is 0 Å². The normalized spacial score (nSPS) is 17.4. The quantitative estimate of drug-likeness (QED) is 0.914. The Morgan fingerprint density at radius 3 is 2.50 bits per heavy atom. The molecule has 0 amide bonds. The Bertz CT molecular complexity index is 703. The molecule has 0 saturated heterocycles. The first-order valence-corrected chi connectivity index (χ1v) is 6.96. The van der Waals surface area contributed by atoms with Crippen LogP contribution in [0, 0.1) is 0 Å². The van der Waals surface area contributed by atoms with Crippen molar-refractivity contribution < 1.29 is 9.90 Å². The second kappa shape index (κ2) is 3.84. The van der Waals surface area contributed by atoms with E-state index in [9.17, 15) is 9.90 Å². The summed E-state index contributed by atoms with van der Waals surface area (Å²) in [6.07, 6.45) is 1.46. The summed E-state index contributed by atoms with van der Waals surface area (Å²) in [5.74, 6) is 0.300. The van der Waals surface area contributed by atoms with Crippen molar-refractivity contribution in [3.8, 4) is 0 Å². The van der Waals surface area contributed by atoms with Gasteiger partial charge in [-0.15, -0.1) is 0 Å². The number of nitrogens with zero attached hydrogens (tertiary/aromatic N) is 2. The zero-order valence-corrected chi connectivity index (χ0v) is 12.4. The number of carboxylic acid groups (broad SMARTS) is 1. The van der Waals surface area contributed by atoms with Gasteiger partial charge in [0.2, 0.25) is 0 Å². The molecule has 1 aromatic heterocycles. The summed E-state index contributed by atoms with van der Waals surface area (Å²) in [4.78, 5) is 16.1. The molecule has 0 aliphatic heterocycles. The number of aliphatic carboxylic acids is 1. The van der Waals surface area contributed by atoms with Crippen LogP contribution < -0.4 is 0 Å². The Morgan fingerprint density at radius 1 is 1.35 bits per heavy atom. The van der Waals surface area contributed by atoms with E-state index in [4.69, 9.17) is 4.98 Å². The van der Waals surface area contributed by atoms with E-state index in [2.05, 4.69) is 25.3 Å². The standard InChI is InChI=1S/C16H20N2O2/c1-15(2,3)13-17-11-9-10(5-6-12(11)18(13)4)16(7-8-16)14(19)20/h5-6,9H,7-8H2,1-4H3,(H,19,20). The molecule has 1 aromatic carbocycles. The minimum absolute atomic E-state index is 0.0298. The topological polar surface area (TPSA) is 55.1 Å². The highest BCUT2D eigenvalue weighted by atomic mass is 16.4. The Balaban J connectivity index is 2.16. The zero-order chi connectivity index (χ0) is 14.7. The van der Waals surface area contributed by atoms with Crippen molar-refractivity contribution >= 4 is 17.0 Å². The molecule has 0 unspecified atom stereocenters. The maximum absolute atomic E-state index is 11.4. The van der Waals surface area contributed by atoms with Gasteiger partial charge in [0.1, 0.15) is 5.82 Å². The van der Waals surface area contributed by atoms with Crippen LogP contribution in [0.25, 0.3) is 11.0 Å². The molecule has 1 aliphatic rings. The fraction of sp³-hybridized carbons (Fsp3) is 0.500. The molecular weight excluding hydrogens is 252 g/mol. The summed E-state index contributed by atoms with van der Waals surface area (Å²) in [5, 5.41) is 9.39. The lowest BCUT2D eigenvalue weighted by Crippen LogP contribution is -2.19. The van der Waals surface area contributed by atoms with E-state index in [0.717, 1.165) is 35.3 Å². The average molecular weight is 272 g/mol. The lowest BCUT2D eigenvalue weighted by molar-refractivity contribution is -0.140. The Labute approximate surface area is 118 Å². The number of carboxylic acids is 1. The molecule has 4 heteroatoms. The molecule has 2 aromatic rings. The Morgan fingerprint density at radius 2 is 2.00 bits per heavy atom. The van der Waals surface area contributed by atoms with Crippen LogP contribution >= 0.6 is 0 Å². The first-order valence-electron chi connectivity index (χ1n) is 6.96. The van der Waals surface area contributed by atoms with E-state index < -0.39 is 11.4 Å². The number of aryl methyl sites for hydroxylation is 1. The van der Waals surface area contributed by atoms with Gasteiger partial charge >= 0.3 is 5.97 Å². The van der Waals surface area contributed by atoms with Gasteiger partial charge in [-0.1, -0.05) is 26.8 Å².